The lowest BCUT2D eigenvalue weighted by Crippen LogP contribution is -2.40. The number of methoxy groups -OCH3 is 2. The fraction of sp³-hybridized carbons (Fsp3) is 0.346. The van der Waals surface area contributed by atoms with Crippen molar-refractivity contribution in [2.45, 2.75) is 6.42 Å². The minimum atomic E-state index is -0.330. The van der Waals surface area contributed by atoms with E-state index in [0.717, 1.165) is 6.42 Å². The molecule has 5 aliphatic rings. The van der Waals surface area contributed by atoms with Crippen LogP contribution in [-0.4, -0.2) is 31.9 Å². The van der Waals surface area contributed by atoms with Crippen LogP contribution in [0.5, 0.6) is 11.5 Å². The zero-order valence-corrected chi connectivity index (χ0v) is 18.4. The van der Waals surface area contributed by atoms with Crippen LogP contribution in [0.2, 0.25) is 0 Å². The van der Waals surface area contributed by atoms with Crippen LogP contribution in [0.4, 0.5) is 11.4 Å². The molecule has 7 heteroatoms. The van der Waals surface area contributed by atoms with Gasteiger partial charge < -0.3 is 14.8 Å². The third-order valence-electron chi connectivity index (χ3n) is 7.71. The maximum Gasteiger partial charge on any atom is 0.255 e. The summed E-state index contributed by atoms with van der Waals surface area (Å²) in [4.78, 5) is 40.7. The lowest BCUT2D eigenvalue weighted by Gasteiger charge is -2.37. The molecule has 0 aromatic heterocycles. The molecule has 7 nitrogen and oxygen atoms in total. The number of imide groups is 1. The number of hydrogen-bond donors (Lipinski definition) is 1. The molecule has 7 rings (SSSR count). The number of rotatable bonds is 5. The summed E-state index contributed by atoms with van der Waals surface area (Å²) in [7, 11) is 3.08. The van der Waals surface area contributed by atoms with E-state index in [1.165, 1.54) is 12.0 Å². The van der Waals surface area contributed by atoms with Crippen LogP contribution in [0, 0.1) is 35.5 Å². The molecule has 3 fully saturated rings. The van der Waals surface area contributed by atoms with Crippen molar-refractivity contribution in [3.63, 3.8) is 0 Å². The van der Waals surface area contributed by atoms with Gasteiger partial charge in [-0.1, -0.05) is 12.2 Å². The largest absolute Gasteiger partial charge is 0.497 e. The number of ether oxygens (including phenoxy) is 2. The van der Waals surface area contributed by atoms with Crippen LogP contribution < -0.4 is 19.7 Å². The quantitative estimate of drug-likeness (QED) is 0.564. The number of nitrogens with zero attached hydrogens (tertiary/aromatic N) is 1. The molecule has 0 spiro atoms. The van der Waals surface area contributed by atoms with Gasteiger partial charge in [0.05, 0.1) is 37.4 Å². The molecular formula is C26H24N2O5. The third-order valence-corrected chi connectivity index (χ3v) is 7.71. The fourth-order valence-corrected chi connectivity index (χ4v) is 6.08. The first-order valence-corrected chi connectivity index (χ1v) is 11.2. The van der Waals surface area contributed by atoms with Crippen molar-refractivity contribution in [3.05, 3.63) is 60.2 Å². The highest BCUT2D eigenvalue weighted by molar-refractivity contribution is 6.22. The van der Waals surface area contributed by atoms with Crippen LogP contribution >= 0.6 is 0 Å². The zero-order valence-electron chi connectivity index (χ0n) is 18.4. The van der Waals surface area contributed by atoms with Crippen LogP contribution in [-0.2, 0) is 9.59 Å². The van der Waals surface area contributed by atoms with E-state index in [-0.39, 0.29) is 41.4 Å². The Morgan fingerprint density at radius 3 is 2.12 bits per heavy atom. The summed E-state index contributed by atoms with van der Waals surface area (Å²) in [6.07, 6.45) is 5.46. The molecule has 6 atom stereocenters. The summed E-state index contributed by atoms with van der Waals surface area (Å²) >= 11 is 0. The van der Waals surface area contributed by atoms with Crippen LogP contribution in [0.1, 0.15) is 16.8 Å². The van der Waals surface area contributed by atoms with Crippen molar-refractivity contribution >= 4 is 29.1 Å². The molecule has 1 heterocycles. The third kappa shape index (κ3) is 2.91. The molecule has 2 aromatic carbocycles. The minimum Gasteiger partial charge on any atom is -0.497 e. The molecule has 3 amide bonds. The number of carbonyl (C=O) groups excluding carboxylic acids is 3. The monoisotopic (exact) mass is 444 g/mol. The van der Waals surface area contributed by atoms with Gasteiger partial charge in [-0.05, 0) is 66.5 Å². The first kappa shape index (κ1) is 20.0. The lowest BCUT2D eigenvalue weighted by molar-refractivity contribution is -0.124. The molecule has 1 aliphatic heterocycles. The van der Waals surface area contributed by atoms with Gasteiger partial charge in [0.2, 0.25) is 11.8 Å². The fourth-order valence-electron chi connectivity index (χ4n) is 6.08. The van der Waals surface area contributed by atoms with Crippen molar-refractivity contribution in [1.29, 1.82) is 0 Å². The molecule has 1 N–H and O–H groups in total. The normalized spacial score (nSPS) is 30.7. The van der Waals surface area contributed by atoms with Crippen molar-refractivity contribution in [2.24, 2.45) is 35.5 Å². The number of hydrogen-bond acceptors (Lipinski definition) is 5. The highest BCUT2D eigenvalue weighted by Gasteiger charge is 2.67. The van der Waals surface area contributed by atoms with Gasteiger partial charge in [0, 0.05) is 11.6 Å². The number of allylic oxidation sites excluding steroid dienone is 2. The Kier molecular flexibility index (Phi) is 4.37. The molecule has 33 heavy (non-hydrogen) atoms. The topological polar surface area (TPSA) is 84.9 Å². The van der Waals surface area contributed by atoms with E-state index >= 15 is 0 Å². The number of benzene rings is 2. The highest BCUT2D eigenvalue weighted by Crippen LogP contribution is 2.65. The Morgan fingerprint density at radius 2 is 1.55 bits per heavy atom. The lowest BCUT2D eigenvalue weighted by atomic mass is 9.63. The Hall–Kier alpha value is -3.61. The average molecular weight is 444 g/mol. The first-order valence-electron chi connectivity index (χ1n) is 11.2. The number of amides is 3. The van der Waals surface area contributed by atoms with Gasteiger partial charge in [-0.25, -0.2) is 0 Å². The Morgan fingerprint density at radius 1 is 0.909 bits per heavy atom. The van der Waals surface area contributed by atoms with Gasteiger partial charge in [0.25, 0.3) is 5.91 Å². The Balaban J connectivity index is 1.22. The van der Waals surface area contributed by atoms with Crippen LogP contribution in [0.3, 0.4) is 0 Å². The molecule has 2 aromatic rings. The van der Waals surface area contributed by atoms with Gasteiger partial charge in [0.15, 0.2) is 0 Å². The zero-order chi connectivity index (χ0) is 22.9. The Labute approximate surface area is 191 Å². The summed E-state index contributed by atoms with van der Waals surface area (Å²) in [5.41, 5.74) is 1.41. The van der Waals surface area contributed by atoms with Crippen molar-refractivity contribution in [2.75, 3.05) is 24.4 Å². The molecule has 0 radical (unpaired) electrons. The molecule has 1 saturated heterocycles. The van der Waals surface area contributed by atoms with E-state index in [2.05, 4.69) is 17.5 Å². The highest BCUT2D eigenvalue weighted by atomic mass is 16.5. The van der Waals surface area contributed by atoms with Crippen LogP contribution in [0.25, 0.3) is 0 Å². The number of anilines is 2. The van der Waals surface area contributed by atoms with Gasteiger partial charge in [-0.15, -0.1) is 0 Å². The van der Waals surface area contributed by atoms with E-state index in [1.54, 1.807) is 49.6 Å². The van der Waals surface area contributed by atoms with E-state index < -0.39 is 0 Å². The average Bonchev–Trinajstić information content (AvgIpc) is 3.62. The second-order valence-corrected chi connectivity index (χ2v) is 9.23. The number of carbonyl (C=O) groups is 3. The summed E-state index contributed by atoms with van der Waals surface area (Å²) in [6, 6.07) is 11.7. The molecule has 168 valence electrons. The predicted octanol–water partition coefficient (Wildman–Crippen LogP) is 3.51. The smallest absolute Gasteiger partial charge is 0.255 e. The van der Waals surface area contributed by atoms with Crippen molar-refractivity contribution in [3.8, 4) is 11.5 Å². The maximum atomic E-state index is 13.3. The molecule has 0 unspecified atom stereocenters. The summed E-state index contributed by atoms with van der Waals surface area (Å²) in [6.45, 7) is 0. The standard InChI is InChI=1S/C26H24N2O5/c1-32-15-7-10-21(33-2)20(11-15)27-24(29)13-3-5-14(6-4-13)28-25(30)22-16-8-9-17(19-12-18(16)19)23(22)26(28)31/h3-11,16-19,22-23H,12H2,1-2H3,(H,27,29)/t16-,17-,18-,19-,22+,23+/m0/s1. The van der Waals surface area contributed by atoms with E-state index in [1.807, 2.05) is 0 Å². The van der Waals surface area contributed by atoms with E-state index in [9.17, 15) is 14.4 Å². The van der Waals surface area contributed by atoms with E-state index in [4.69, 9.17) is 9.47 Å². The molecule has 4 aliphatic carbocycles. The van der Waals surface area contributed by atoms with Gasteiger partial charge >= 0.3 is 0 Å². The SMILES string of the molecule is COc1ccc(OC)c(NC(=O)c2ccc(N3C(=O)[C@@H]4[C@H]5C=C[C@@H]([C@@H]6C[C@@H]56)[C@H]4C3=O)cc2)c1. The van der Waals surface area contributed by atoms with Crippen LogP contribution in [0.15, 0.2) is 54.6 Å². The van der Waals surface area contributed by atoms with Crippen molar-refractivity contribution in [1.82, 2.24) is 0 Å². The van der Waals surface area contributed by atoms with Crippen molar-refractivity contribution < 1.29 is 23.9 Å². The van der Waals surface area contributed by atoms with Gasteiger partial charge in [0.1, 0.15) is 11.5 Å². The Bertz CT molecular complexity index is 1170. The predicted molar refractivity (Wildman–Crippen MR) is 121 cm³/mol. The summed E-state index contributed by atoms with van der Waals surface area (Å²) < 4.78 is 10.5. The van der Waals surface area contributed by atoms with E-state index in [0.29, 0.717) is 40.3 Å². The maximum absolute atomic E-state index is 13.3. The second kappa shape index (κ2) is 7.20. The first-order chi connectivity index (χ1) is 16.0. The second-order valence-electron chi connectivity index (χ2n) is 9.23. The summed E-state index contributed by atoms with van der Waals surface area (Å²) in [5.74, 6) is 1.61. The summed E-state index contributed by atoms with van der Waals surface area (Å²) in [5, 5.41) is 2.83. The minimum absolute atomic E-state index is 0.104. The number of nitrogens with one attached hydrogen (secondary N) is 1. The van der Waals surface area contributed by atoms with Gasteiger partial charge in [-0.2, -0.15) is 0 Å². The van der Waals surface area contributed by atoms with Gasteiger partial charge in [-0.3, -0.25) is 19.3 Å². The molecule has 2 saturated carbocycles. The molecule has 2 bridgehead atoms. The molecular weight excluding hydrogens is 420 g/mol.